The van der Waals surface area contributed by atoms with E-state index in [1.54, 1.807) is 0 Å². The van der Waals surface area contributed by atoms with Crippen molar-refractivity contribution in [3.05, 3.63) is 33.3 Å². The van der Waals surface area contributed by atoms with Gasteiger partial charge in [-0.25, -0.2) is 0 Å². The van der Waals surface area contributed by atoms with Crippen LogP contribution in [-0.2, 0) is 4.79 Å². The number of carbonyl (C=O) groups is 1. The van der Waals surface area contributed by atoms with Gasteiger partial charge < -0.3 is 10.4 Å². The first-order valence-corrected chi connectivity index (χ1v) is 6.41. The SMILES string of the molecule is CC(C)(C)C(CC(=O)O)Nc1ccc(Cl)cc1[N+](=O)[O-]. The Bertz CT molecular complexity index is 526. The molecular weight excluding hydrogens is 284 g/mol. The smallest absolute Gasteiger partial charge is 0.305 e. The molecule has 1 atom stereocenters. The summed E-state index contributed by atoms with van der Waals surface area (Å²) >= 11 is 5.75. The third kappa shape index (κ3) is 4.38. The molecule has 110 valence electrons. The number of benzene rings is 1. The third-order valence-electron chi connectivity index (χ3n) is 2.91. The minimum Gasteiger partial charge on any atom is -0.481 e. The zero-order valence-electron chi connectivity index (χ0n) is 11.5. The Morgan fingerprint density at radius 1 is 1.50 bits per heavy atom. The number of nitrogens with one attached hydrogen (secondary N) is 1. The van der Waals surface area contributed by atoms with Crippen molar-refractivity contribution in [2.24, 2.45) is 5.41 Å². The van der Waals surface area contributed by atoms with Crippen LogP contribution in [0.2, 0.25) is 5.02 Å². The van der Waals surface area contributed by atoms with E-state index in [2.05, 4.69) is 5.32 Å². The summed E-state index contributed by atoms with van der Waals surface area (Å²) < 4.78 is 0. The van der Waals surface area contributed by atoms with Crippen LogP contribution in [0.4, 0.5) is 11.4 Å². The largest absolute Gasteiger partial charge is 0.481 e. The second-order valence-electron chi connectivity index (χ2n) is 5.58. The zero-order chi connectivity index (χ0) is 15.5. The van der Waals surface area contributed by atoms with Crippen molar-refractivity contribution in [2.75, 3.05) is 5.32 Å². The molecule has 1 aromatic rings. The maximum atomic E-state index is 11.0. The van der Waals surface area contributed by atoms with Gasteiger partial charge in [-0.05, 0) is 17.5 Å². The average Bonchev–Trinajstić information content (AvgIpc) is 2.28. The molecule has 0 fully saturated rings. The second-order valence-corrected chi connectivity index (χ2v) is 6.02. The molecule has 0 radical (unpaired) electrons. The Hall–Kier alpha value is -1.82. The lowest BCUT2D eigenvalue weighted by molar-refractivity contribution is -0.384. The number of aliphatic carboxylic acids is 1. The summed E-state index contributed by atoms with van der Waals surface area (Å²) in [5.41, 5.74) is -0.274. The number of halogens is 1. The summed E-state index contributed by atoms with van der Waals surface area (Å²) in [5, 5.41) is 23.2. The topological polar surface area (TPSA) is 92.5 Å². The van der Waals surface area contributed by atoms with Gasteiger partial charge in [-0.2, -0.15) is 0 Å². The Kier molecular flexibility index (Phi) is 4.94. The molecule has 7 heteroatoms. The first-order valence-electron chi connectivity index (χ1n) is 6.03. The zero-order valence-corrected chi connectivity index (χ0v) is 12.3. The van der Waals surface area contributed by atoms with E-state index in [1.807, 2.05) is 20.8 Å². The molecular formula is C13H17ClN2O4. The maximum Gasteiger partial charge on any atom is 0.305 e. The molecule has 0 bridgehead atoms. The number of hydrogen-bond donors (Lipinski definition) is 2. The van der Waals surface area contributed by atoms with Crippen molar-refractivity contribution in [1.29, 1.82) is 0 Å². The molecule has 0 saturated carbocycles. The average molecular weight is 301 g/mol. The quantitative estimate of drug-likeness (QED) is 0.641. The van der Waals surface area contributed by atoms with Crippen LogP contribution < -0.4 is 5.32 Å². The molecule has 0 saturated heterocycles. The normalized spacial score (nSPS) is 12.8. The van der Waals surface area contributed by atoms with Gasteiger partial charge in [0.15, 0.2) is 0 Å². The highest BCUT2D eigenvalue weighted by atomic mass is 35.5. The molecule has 0 amide bonds. The van der Waals surface area contributed by atoms with Crippen LogP contribution in [0.3, 0.4) is 0 Å². The van der Waals surface area contributed by atoms with Crippen molar-refractivity contribution in [3.8, 4) is 0 Å². The van der Waals surface area contributed by atoms with Crippen LogP contribution in [0.5, 0.6) is 0 Å². The minimum absolute atomic E-state index is 0.136. The predicted octanol–water partition coefficient (Wildman–Crippen LogP) is 3.55. The lowest BCUT2D eigenvalue weighted by Gasteiger charge is -2.31. The number of nitro benzene ring substituents is 1. The highest BCUT2D eigenvalue weighted by Gasteiger charge is 2.29. The van der Waals surface area contributed by atoms with Crippen LogP contribution >= 0.6 is 11.6 Å². The van der Waals surface area contributed by atoms with Gasteiger partial charge in [0.2, 0.25) is 0 Å². The van der Waals surface area contributed by atoms with Crippen LogP contribution in [0.15, 0.2) is 18.2 Å². The Morgan fingerprint density at radius 3 is 2.55 bits per heavy atom. The molecule has 6 nitrogen and oxygen atoms in total. The number of carboxylic acid groups (broad SMARTS) is 1. The summed E-state index contributed by atoms with van der Waals surface area (Å²) in [5.74, 6) is -0.964. The van der Waals surface area contributed by atoms with E-state index in [9.17, 15) is 14.9 Å². The summed E-state index contributed by atoms with van der Waals surface area (Å²) in [4.78, 5) is 21.4. The molecule has 20 heavy (non-hydrogen) atoms. The molecule has 1 aromatic carbocycles. The lowest BCUT2D eigenvalue weighted by Crippen LogP contribution is -2.36. The van der Waals surface area contributed by atoms with Crippen molar-refractivity contribution in [2.45, 2.75) is 33.2 Å². The monoisotopic (exact) mass is 300 g/mol. The molecule has 0 aliphatic rings. The van der Waals surface area contributed by atoms with Gasteiger partial charge >= 0.3 is 5.97 Å². The standard InChI is InChI=1S/C13H17ClN2O4/c1-13(2,3)11(7-12(17)18)15-9-5-4-8(14)6-10(9)16(19)20/h4-6,11,15H,7H2,1-3H3,(H,17,18). The van der Waals surface area contributed by atoms with Gasteiger partial charge in [0.1, 0.15) is 5.69 Å². The number of nitrogens with zero attached hydrogens (tertiary/aromatic N) is 1. The Morgan fingerprint density at radius 2 is 2.10 bits per heavy atom. The Balaban J connectivity index is 3.11. The molecule has 1 unspecified atom stereocenters. The first-order chi connectivity index (χ1) is 9.11. The van der Waals surface area contributed by atoms with E-state index < -0.39 is 16.9 Å². The number of anilines is 1. The predicted molar refractivity (Wildman–Crippen MR) is 77.2 cm³/mol. The highest BCUT2D eigenvalue weighted by Crippen LogP contribution is 2.32. The van der Waals surface area contributed by atoms with Crippen molar-refractivity contribution in [1.82, 2.24) is 0 Å². The maximum absolute atomic E-state index is 11.0. The Labute approximate surface area is 121 Å². The van der Waals surface area contributed by atoms with Crippen molar-refractivity contribution < 1.29 is 14.8 Å². The van der Waals surface area contributed by atoms with Crippen LogP contribution in [-0.4, -0.2) is 22.0 Å². The van der Waals surface area contributed by atoms with Gasteiger partial charge in [-0.3, -0.25) is 14.9 Å². The molecule has 0 heterocycles. The third-order valence-corrected chi connectivity index (χ3v) is 3.15. The van der Waals surface area contributed by atoms with Gasteiger partial charge in [0.25, 0.3) is 5.69 Å². The van der Waals surface area contributed by atoms with Crippen molar-refractivity contribution >= 4 is 28.9 Å². The fraction of sp³-hybridized carbons (Fsp3) is 0.462. The molecule has 0 aromatic heterocycles. The fourth-order valence-electron chi connectivity index (χ4n) is 1.71. The van der Waals surface area contributed by atoms with E-state index in [-0.39, 0.29) is 28.2 Å². The highest BCUT2D eigenvalue weighted by molar-refractivity contribution is 6.30. The lowest BCUT2D eigenvalue weighted by atomic mass is 9.84. The first kappa shape index (κ1) is 16.2. The van der Waals surface area contributed by atoms with Gasteiger partial charge in [-0.15, -0.1) is 0 Å². The van der Waals surface area contributed by atoms with Crippen LogP contribution in [0.1, 0.15) is 27.2 Å². The summed E-state index contributed by atoms with van der Waals surface area (Å²) in [6.45, 7) is 5.61. The van der Waals surface area contributed by atoms with E-state index in [0.717, 1.165) is 0 Å². The molecule has 0 aliphatic heterocycles. The minimum atomic E-state index is -0.964. The van der Waals surface area contributed by atoms with Gasteiger partial charge in [-0.1, -0.05) is 32.4 Å². The summed E-state index contributed by atoms with van der Waals surface area (Å²) in [6, 6.07) is 3.81. The summed E-state index contributed by atoms with van der Waals surface area (Å²) in [6.07, 6.45) is -0.136. The molecule has 1 rings (SSSR count). The van der Waals surface area contributed by atoms with Gasteiger partial charge in [0.05, 0.1) is 11.3 Å². The number of nitro groups is 1. The van der Waals surface area contributed by atoms with Crippen molar-refractivity contribution in [3.63, 3.8) is 0 Å². The van der Waals surface area contributed by atoms with Crippen LogP contribution in [0, 0.1) is 15.5 Å². The molecule has 2 N–H and O–H groups in total. The number of hydrogen-bond acceptors (Lipinski definition) is 4. The van der Waals surface area contributed by atoms with Gasteiger partial charge in [0, 0.05) is 17.1 Å². The van der Waals surface area contributed by atoms with E-state index >= 15 is 0 Å². The van der Waals surface area contributed by atoms with E-state index in [4.69, 9.17) is 16.7 Å². The van der Waals surface area contributed by atoms with Crippen LogP contribution in [0.25, 0.3) is 0 Å². The van der Waals surface area contributed by atoms with E-state index in [0.29, 0.717) is 0 Å². The number of carboxylic acids is 1. The number of rotatable bonds is 5. The second kappa shape index (κ2) is 6.09. The summed E-state index contributed by atoms with van der Waals surface area (Å²) in [7, 11) is 0. The van der Waals surface area contributed by atoms with E-state index in [1.165, 1.54) is 18.2 Å². The molecule has 0 spiro atoms. The molecule has 0 aliphatic carbocycles. The fourth-order valence-corrected chi connectivity index (χ4v) is 1.88.